The number of anilines is 2. The Morgan fingerprint density at radius 3 is 2.37 bits per heavy atom. The van der Waals surface area contributed by atoms with E-state index in [9.17, 15) is 13.2 Å². The summed E-state index contributed by atoms with van der Waals surface area (Å²) in [6, 6.07) is 16.5. The average Bonchev–Trinajstić information content (AvgIpc) is 3.42. The number of likely N-dealkylation sites (tertiary alicyclic amines) is 1. The molecule has 2 N–H and O–H groups in total. The van der Waals surface area contributed by atoms with Crippen LogP contribution in [-0.2, 0) is 19.3 Å². The summed E-state index contributed by atoms with van der Waals surface area (Å²) in [5.41, 5.74) is 2.60. The molecular weight excluding hydrogens is 527 g/mol. The first-order valence-electron chi connectivity index (χ1n) is 14.6. The molecule has 2 aromatic carbocycles. The fourth-order valence-corrected chi connectivity index (χ4v) is 6.03. The Bertz CT molecular complexity index is 1440. The monoisotopic (exact) mass is 563 g/mol. The van der Waals surface area contributed by atoms with Crippen LogP contribution in [0.25, 0.3) is 11.2 Å². The van der Waals surface area contributed by atoms with E-state index in [2.05, 4.69) is 49.4 Å². The van der Waals surface area contributed by atoms with E-state index in [1.54, 1.807) is 6.07 Å². The van der Waals surface area contributed by atoms with Crippen molar-refractivity contribution in [3.05, 3.63) is 77.6 Å². The van der Waals surface area contributed by atoms with Gasteiger partial charge in [-0.2, -0.15) is 23.1 Å². The number of rotatable bonds is 8. The number of imidazole rings is 1. The van der Waals surface area contributed by atoms with Gasteiger partial charge in [0, 0.05) is 38.3 Å². The maximum atomic E-state index is 13.3. The fraction of sp³-hybridized carbons (Fsp3) is 0.452. The van der Waals surface area contributed by atoms with Gasteiger partial charge < -0.3 is 15.2 Å². The van der Waals surface area contributed by atoms with Crippen LogP contribution in [0.1, 0.15) is 67.7 Å². The Morgan fingerprint density at radius 2 is 1.61 bits per heavy atom. The van der Waals surface area contributed by atoms with E-state index in [4.69, 9.17) is 9.97 Å². The van der Waals surface area contributed by atoms with Gasteiger partial charge in [-0.1, -0.05) is 61.7 Å². The zero-order valence-corrected chi connectivity index (χ0v) is 23.1. The first-order valence-corrected chi connectivity index (χ1v) is 14.6. The average molecular weight is 564 g/mol. The molecule has 0 radical (unpaired) electrons. The van der Waals surface area contributed by atoms with Crippen molar-refractivity contribution in [2.75, 3.05) is 23.7 Å². The van der Waals surface area contributed by atoms with E-state index in [1.165, 1.54) is 37.0 Å². The topological polar surface area (TPSA) is 70.9 Å². The lowest BCUT2D eigenvalue weighted by atomic mass is 9.95. The summed E-state index contributed by atoms with van der Waals surface area (Å²) in [5.74, 6) is 1.06. The Hall–Kier alpha value is -3.66. The predicted octanol–water partition coefficient (Wildman–Crippen LogP) is 7.04. The minimum Gasteiger partial charge on any atom is -0.364 e. The van der Waals surface area contributed by atoms with Gasteiger partial charge in [0.15, 0.2) is 17.0 Å². The highest BCUT2D eigenvalue weighted by Gasteiger charge is 2.30. The quantitative estimate of drug-likeness (QED) is 0.240. The van der Waals surface area contributed by atoms with Gasteiger partial charge in [0.25, 0.3) is 0 Å². The normalized spacial score (nSPS) is 17.6. The lowest BCUT2D eigenvalue weighted by Crippen LogP contribution is -2.39. The van der Waals surface area contributed by atoms with Crippen LogP contribution in [0.2, 0.25) is 0 Å². The third-order valence-electron chi connectivity index (χ3n) is 8.27. The molecule has 6 rings (SSSR count). The number of hydrogen-bond donors (Lipinski definition) is 2. The van der Waals surface area contributed by atoms with Crippen molar-refractivity contribution in [3.63, 3.8) is 0 Å². The molecule has 216 valence electrons. The summed E-state index contributed by atoms with van der Waals surface area (Å²) in [6.07, 6.45) is 5.20. The molecule has 10 heteroatoms. The van der Waals surface area contributed by atoms with Gasteiger partial charge in [0.1, 0.15) is 0 Å². The van der Waals surface area contributed by atoms with E-state index >= 15 is 0 Å². The van der Waals surface area contributed by atoms with E-state index in [0.717, 1.165) is 57.0 Å². The SMILES string of the molecule is FC(F)(F)c1cccc(CNc2nc(NC3CCN(Cc4ccccc4)CC3)nc3c2ncn3C2CCCCC2)c1. The number of nitrogens with one attached hydrogen (secondary N) is 2. The van der Waals surface area contributed by atoms with E-state index in [1.807, 2.05) is 12.4 Å². The standard InChI is InChI=1S/C31H36F3N7/c32-31(33,34)24-11-7-10-23(18-24)19-35-28-27-29(41(21-36-27)26-12-5-2-6-13-26)39-30(38-28)37-25-14-16-40(17-15-25)20-22-8-3-1-4-9-22/h1,3-4,7-11,18,21,25-26H,2,5-6,12-17,19-20H2,(H2,35,37,38,39). The van der Waals surface area contributed by atoms with Crippen molar-refractivity contribution in [2.45, 2.75) is 76.3 Å². The second-order valence-corrected chi connectivity index (χ2v) is 11.2. The molecule has 0 unspecified atom stereocenters. The zero-order chi connectivity index (χ0) is 28.2. The van der Waals surface area contributed by atoms with Gasteiger partial charge in [-0.3, -0.25) is 4.90 Å². The number of aromatic nitrogens is 4. The molecule has 1 saturated carbocycles. The Kier molecular flexibility index (Phi) is 8.09. The first kappa shape index (κ1) is 27.5. The van der Waals surface area contributed by atoms with Crippen molar-refractivity contribution < 1.29 is 13.2 Å². The minimum atomic E-state index is -4.38. The van der Waals surface area contributed by atoms with Crippen LogP contribution >= 0.6 is 0 Å². The van der Waals surface area contributed by atoms with Gasteiger partial charge in [0.05, 0.1) is 11.9 Å². The van der Waals surface area contributed by atoms with Crippen molar-refractivity contribution in [1.29, 1.82) is 0 Å². The molecule has 0 atom stereocenters. The molecule has 2 aromatic heterocycles. The van der Waals surface area contributed by atoms with Crippen molar-refractivity contribution in [1.82, 2.24) is 24.4 Å². The number of hydrogen-bond acceptors (Lipinski definition) is 6. The smallest absolute Gasteiger partial charge is 0.364 e. The largest absolute Gasteiger partial charge is 0.416 e. The summed E-state index contributed by atoms with van der Waals surface area (Å²) in [5, 5.41) is 6.83. The number of nitrogens with zero attached hydrogens (tertiary/aromatic N) is 5. The third kappa shape index (κ3) is 6.64. The van der Waals surface area contributed by atoms with Crippen LogP contribution in [0, 0.1) is 0 Å². The third-order valence-corrected chi connectivity index (χ3v) is 8.27. The first-order chi connectivity index (χ1) is 19.9. The minimum absolute atomic E-state index is 0.198. The molecule has 41 heavy (non-hydrogen) atoms. The van der Waals surface area contributed by atoms with Gasteiger partial charge in [0.2, 0.25) is 5.95 Å². The Balaban J connectivity index is 1.21. The summed E-state index contributed by atoms with van der Waals surface area (Å²) >= 11 is 0. The molecular formula is C31H36F3N7. The van der Waals surface area contributed by atoms with E-state index < -0.39 is 11.7 Å². The molecule has 1 aliphatic carbocycles. The molecule has 4 aromatic rings. The molecule has 3 heterocycles. The maximum Gasteiger partial charge on any atom is 0.416 e. The van der Waals surface area contributed by atoms with Crippen LogP contribution in [-0.4, -0.2) is 43.6 Å². The molecule has 1 saturated heterocycles. The van der Waals surface area contributed by atoms with Crippen LogP contribution in [0.4, 0.5) is 24.9 Å². The summed E-state index contributed by atoms with van der Waals surface area (Å²) in [7, 11) is 0. The number of benzene rings is 2. The van der Waals surface area contributed by atoms with Gasteiger partial charge in [-0.05, 0) is 48.9 Å². The molecule has 0 bridgehead atoms. The van der Waals surface area contributed by atoms with Gasteiger partial charge >= 0.3 is 6.18 Å². The molecule has 0 amide bonds. The second-order valence-electron chi connectivity index (χ2n) is 11.2. The molecule has 1 aliphatic heterocycles. The van der Waals surface area contributed by atoms with Gasteiger partial charge in [-0.15, -0.1) is 0 Å². The lowest BCUT2D eigenvalue weighted by Gasteiger charge is -2.32. The fourth-order valence-electron chi connectivity index (χ4n) is 6.03. The zero-order valence-electron chi connectivity index (χ0n) is 23.1. The van der Waals surface area contributed by atoms with Crippen LogP contribution in [0.5, 0.6) is 0 Å². The molecule has 2 fully saturated rings. The van der Waals surface area contributed by atoms with Crippen molar-refractivity contribution in [3.8, 4) is 0 Å². The second kappa shape index (κ2) is 12.1. The van der Waals surface area contributed by atoms with E-state index in [-0.39, 0.29) is 12.6 Å². The highest BCUT2D eigenvalue weighted by Crippen LogP contribution is 2.33. The van der Waals surface area contributed by atoms with Crippen molar-refractivity contribution in [2.24, 2.45) is 0 Å². The number of halogens is 3. The summed E-state index contributed by atoms with van der Waals surface area (Å²) in [6.45, 7) is 3.11. The summed E-state index contributed by atoms with van der Waals surface area (Å²) < 4.78 is 42.0. The van der Waals surface area contributed by atoms with Gasteiger partial charge in [-0.25, -0.2) is 4.98 Å². The molecule has 7 nitrogen and oxygen atoms in total. The maximum absolute atomic E-state index is 13.3. The number of fused-ring (bicyclic) bond motifs is 1. The summed E-state index contributed by atoms with van der Waals surface area (Å²) in [4.78, 5) is 16.8. The van der Waals surface area contributed by atoms with E-state index in [0.29, 0.717) is 28.9 Å². The molecule has 0 spiro atoms. The predicted molar refractivity (Wildman–Crippen MR) is 155 cm³/mol. The van der Waals surface area contributed by atoms with Crippen LogP contribution in [0.15, 0.2) is 60.9 Å². The number of alkyl halides is 3. The molecule has 2 aliphatic rings. The highest BCUT2D eigenvalue weighted by atomic mass is 19.4. The Morgan fingerprint density at radius 1 is 0.854 bits per heavy atom. The Labute approximate surface area is 238 Å². The highest BCUT2D eigenvalue weighted by molar-refractivity contribution is 5.84. The number of piperidine rings is 1. The lowest BCUT2D eigenvalue weighted by molar-refractivity contribution is -0.137. The van der Waals surface area contributed by atoms with Crippen LogP contribution < -0.4 is 10.6 Å². The van der Waals surface area contributed by atoms with Crippen LogP contribution in [0.3, 0.4) is 0 Å². The van der Waals surface area contributed by atoms with Crippen molar-refractivity contribution >= 4 is 22.9 Å².